The maximum absolute atomic E-state index is 14.8. The topological polar surface area (TPSA) is 20.2 Å². The summed E-state index contributed by atoms with van der Waals surface area (Å²) in [7, 11) is 0. The van der Waals surface area contributed by atoms with E-state index in [9.17, 15) is 18.3 Å². The monoisotopic (exact) mass is 332 g/mol. The first-order chi connectivity index (χ1) is 11.0. The normalized spacial score (nSPS) is 52.3. The molecule has 0 aromatic heterocycles. The van der Waals surface area contributed by atoms with Crippen LogP contribution in [0.2, 0.25) is 0 Å². The summed E-state index contributed by atoms with van der Waals surface area (Å²) in [6.07, 6.45) is 2.06. The van der Waals surface area contributed by atoms with Gasteiger partial charge in [0, 0.05) is 0 Å². The van der Waals surface area contributed by atoms with E-state index in [1.807, 2.05) is 0 Å². The first kappa shape index (κ1) is 17.6. The molecule has 3 fully saturated rings. The standard InChI is InChI=1S/C19H31F3O/c1-11-2-4-12(5-3-11)13-6-7-15(16(20)8-13)14-9-17(21)19(23)18(22)10-14/h11-19,23H,2-10H2,1H3. The van der Waals surface area contributed by atoms with Crippen LogP contribution >= 0.6 is 0 Å². The second kappa shape index (κ2) is 7.33. The fourth-order valence-corrected chi connectivity index (χ4v) is 5.42. The van der Waals surface area contributed by atoms with Crippen molar-refractivity contribution in [3.05, 3.63) is 0 Å². The molecule has 0 aliphatic heterocycles. The third-order valence-corrected chi connectivity index (χ3v) is 6.99. The molecule has 3 rings (SSSR count). The molecule has 0 heterocycles. The molecule has 0 radical (unpaired) electrons. The maximum Gasteiger partial charge on any atom is 0.129 e. The second-order valence-electron chi connectivity index (χ2n) is 8.53. The molecular weight excluding hydrogens is 301 g/mol. The highest BCUT2D eigenvalue weighted by Gasteiger charge is 2.45. The molecule has 134 valence electrons. The smallest absolute Gasteiger partial charge is 0.129 e. The predicted molar refractivity (Wildman–Crippen MR) is 85.4 cm³/mol. The quantitative estimate of drug-likeness (QED) is 0.753. The minimum Gasteiger partial charge on any atom is -0.387 e. The third kappa shape index (κ3) is 3.88. The van der Waals surface area contributed by atoms with Crippen LogP contribution in [-0.4, -0.2) is 29.7 Å². The minimum absolute atomic E-state index is 0.123. The summed E-state index contributed by atoms with van der Waals surface area (Å²) in [5, 5.41) is 9.42. The van der Waals surface area contributed by atoms with Gasteiger partial charge in [0.1, 0.15) is 24.6 Å². The van der Waals surface area contributed by atoms with Crippen molar-refractivity contribution in [1.29, 1.82) is 0 Å². The van der Waals surface area contributed by atoms with Crippen LogP contribution in [0.15, 0.2) is 0 Å². The Morgan fingerprint density at radius 3 is 1.74 bits per heavy atom. The van der Waals surface area contributed by atoms with E-state index in [0.717, 1.165) is 18.8 Å². The molecule has 3 aliphatic carbocycles. The first-order valence-electron chi connectivity index (χ1n) is 9.56. The Bertz CT molecular complexity index is 371. The summed E-state index contributed by atoms with van der Waals surface area (Å²) in [4.78, 5) is 0. The van der Waals surface area contributed by atoms with Crippen LogP contribution in [0.25, 0.3) is 0 Å². The van der Waals surface area contributed by atoms with Gasteiger partial charge in [-0.1, -0.05) is 19.8 Å². The van der Waals surface area contributed by atoms with E-state index in [2.05, 4.69) is 6.92 Å². The molecule has 0 spiro atoms. The van der Waals surface area contributed by atoms with Crippen LogP contribution in [0.5, 0.6) is 0 Å². The van der Waals surface area contributed by atoms with Crippen molar-refractivity contribution >= 4 is 0 Å². The zero-order valence-electron chi connectivity index (χ0n) is 14.1. The van der Waals surface area contributed by atoms with Crippen LogP contribution in [0.1, 0.15) is 64.7 Å². The maximum atomic E-state index is 14.8. The van der Waals surface area contributed by atoms with Crippen molar-refractivity contribution in [3.63, 3.8) is 0 Å². The molecule has 23 heavy (non-hydrogen) atoms. The highest BCUT2D eigenvalue weighted by atomic mass is 19.1. The van der Waals surface area contributed by atoms with Gasteiger partial charge in [0.2, 0.25) is 0 Å². The molecular formula is C19H31F3O. The Hall–Kier alpha value is -0.250. The average molecular weight is 332 g/mol. The number of aliphatic hydroxyl groups excluding tert-OH is 1. The van der Waals surface area contributed by atoms with E-state index >= 15 is 0 Å². The van der Waals surface area contributed by atoms with Crippen molar-refractivity contribution in [1.82, 2.24) is 0 Å². The zero-order valence-corrected chi connectivity index (χ0v) is 14.1. The molecule has 0 aromatic rings. The highest BCUT2D eigenvalue weighted by Crippen LogP contribution is 2.47. The summed E-state index contributed by atoms with van der Waals surface area (Å²) in [5.41, 5.74) is 0. The molecule has 3 saturated carbocycles. The van der Waals surface area contributed by atoms with Crippen LogP contribution < -0.4 is 0 Å². The summed E-state index contributed by atoms with van der Waals surface area (Å²) in [5.74, 6) is 1.47. The Morgan fingerprint density at radius 1 is 0.652 bits per heavy atom. The Labute approximate surface area is 138 Å². The lowest BCUT2D eigenvalue weighted by atomic mass is 9.64. The van der Waals surface area contributed by atoms with E-state index < -0.39 is 24.6 Å². The van der Waals surface area contributed by atoms with Gasteiger partial charge in [0.25, 0.3) is 0 Å². The van der Waals surface area contributed by atoms with Crippen molar-refractivity contribution in [3.8, 4) is 0 Å². The minimum atomic E-state index is -1.53. The molecule has 1 N–H and O–H groups in total. The van der Waals surface area contributed by atoms with Crippen LogP contribution in [0, 0.1) is 29.6 Å². The lowest BCUT2D eigenvalue weighted by Crippen LogP contribution is -2.45. The third-order valence-electron chi connectivity index (χ3n) is 6.99. The summed E-state index contributed by atoms with van der Waals surface area (Å²) in [6, 6.07) is 0. The van der Waals surface area contributed by atoms with Gasteiger partial charge in [-0.2, -0.15) is 0 Å². The molecule has 0 bridgehead atoms. The van der Waals surface area contributed by atoms with Gasteiger partial charge in [-0.05, 0) is 74.5 Å². The Morgan fingerprint density at radius 2 is 1.17 bits per heavy atom. The van der Waals surface area contributed by atoms with Gasteiger partial charge in [-0.25, -0.2) is 13.2 Å². The Kier molecular flexibility index (Phi) is 5.60. The molecule has 0 aromatic carbocycles. The second-order valence-corrected chi connectivity index (χ2v) is 8.53. The van der Waals surface area contributed by atoms with Gasteiger partial charge in [0.05, 0.1) is 0 Å². The van der Waals surface area contributed by atoms with E-state index in [0.29, 0.717) is 18.3 Å². The number of alkyl halides is 3. The van der Waals surface area contributed by atoms with Crippen molar-refractivity contribution in [2.45, 2.75) is 89.3 Å². The van der Waals surface area contributed by atoms with Crippen LogP contribution in [0.4, 0.5) is 13.2 Å². The first-order valence-corrected chi connectivity index (χ1v) is 9.56. The van der Waals surface area contributed by atoms with Gasteiger partial charge in [-0.3, -0.25) is 0 Å². The predicted octanol–water partition coefficient (Wildman–Crippen LogP) is 5.01. The highest BCUT2D eigenvalue weighted by molar-refractivity contribution is 4.94. The summed E-state index contributed by atoms with van der Waals surface area (Å²) >= 11 is 0. The molecule has 0 saturated heterocycles. The summed E-state index contributed by atoms with van der Waals surface area (Å²) < 4.78 is 42.3. The fraction of sp³-hybridized carbons (Fsp3) is 1.00. The van der Waals surface area contributed by atoms with Crippen LogP contribution in [-0.2, 0) is 0 Å². The molecule has 0 amide bonds. The molecule has 5 atom stereocenters. The van der Waals surface area contributed by atoms with Gasteiger partial charge in [-0.15, -0.1) is 0 Å². The Balaban J connectivity index is 1.54. The van der Waals surface area contributed by atoms with E-state index in [1.54, 1.807) is 0 Å². The van der Waals surface area contributed by atoms with Crippen LogP contribution in [0.3, 0.4) is 0 Å². The largest absolute Gasteiger partial charge is 0.387 e. The number of rotatable bonds is 2. The lowest BCUT2D eigenvalue weighted by molar-refractivity contribution is -0.0618. The van der Waals surface area contributed by atoms with Gasteiger partial charge >= 0.3 is 0 Å². The molecule has 5 unspecified atom stereocenters. The average Bonchev–Trinajstić information content (AvgIpc) is 2.53. The van der Waals surface area contributed by atoms with Crippen molar-refractivity contribution in [2.75, 3.05) is 0 Å². The number of hydrogen-bond donors (Lipinski definition) is 1. The number of aliphatic hydroxyl groups is 1. The SMILES string of the molecule is CC1CCC(C2CCC(C3CC(F)C(O)C(F)C3)C(F)C2)CC1. The molecule has 3 aliphatic rings. The van der Waals surface area contributed by atoms with Gasteiger partial charge < -0.3 is 5.11 Å². The van der Waals surface area contributed by atoms with E-state index in [1.165, 1.54) is 25.7 Å². The number of halogens is 3. The lowest BCUT2D eigenvalue weighted by Gasteiger charge is -2.43. The zero-order chi connectivity index (χ0) is 16.6. The van der Waals surface area contributed by atoms with E-state index in [-0.39, 0.29) is 24.7 Å². The van der Waals surface area contributed by atoms with E-state index in [4.69, 9.17) is 0 Å². The number of hydrogen-bond acceptors (Lipinski definition) is 1. The van der Waals surface area contributed by atoms with Crippen molar-refractivity contribution < 1.29 is 18.3 Å². The van der Waals surface area contributed by atoms with Gasteiger partial charge in [0.15, 0.2) is 0 Å². The summed E-state index contributed by atoms with van der Waals surface area (Å²) in [6.45, 7) is 2.29. The molecule has 4 heteroatoms. The van der Waals surface area contributed by atoms with Crippen molar-refractivity contribution in [2.24, 2.45) is 29.6 Å². The fourth-order valence-electron chi connectivity index (χ4n) is 5.42. The molecule has 1 nitrogen and oxygen atoms in total.